The molecule has 0 spiro atoms. The zero-order chi connectivity index (χ0) is 25.3. The lowest BCUT2D eigenvalue weighted by Gasteiger charge is -2.27. The molecule has 1 aliphatic heterocycles. The first-order valence-electron chi connectivity index (χ1n) is 11.3. The van der Waals surface area contributed by atoms with Crippen LogP contribution in [0.25, 0.3) is 0 Å². The number of amides is 3. The van der Waals surface area contributed by atoms with Crippen molar-refractivity contribution in [2.24, 2.45) is 11.8 Å². The van der Waals surface area contributed by atoms with E-state index in [1.54, 1.807) is 18.2 Å². The van der Waals surface area contributed by atoms with Gasteiger partial charge in [0.25, 0.3) is 17.4 Å². The van der Waals surface area contributed by atoms with Crippen molar-refractivity contribution < 1.29 is 14.4 Å². The molecule has 34 heavy (non-hydrogen) atoms. The fourth-order valence-corrected chi connectivity index (χ4v) is 4.02. The van der Waals surface area contributed by atoms with Gasteiger partial charge in [-0.05, 0) is 30.9 Å². The molecule has 0 bridgehead atoms. The van der Waals surface area contributed by atoms with Crippen LogP contribution in [0.5, 0.6) is 0 Å². The lowest BCUT2D eigenvalue weighted by Crippen LogP contribution is -2.44. The van der Waals surface area contributed by atoms with Crippen molar-refractivity contribution in [3.63, 3.8) is 0 Å². The summed E-state index contributed by atoms with van der Waals surface area (Å²) < 4.78 is 1.24. The van der Waals surface area contributed by atoms with Crippen LogP contribution >= 0.6 is 0 Å². The number of aryl methyl sites for hydroxylation is 1. The van der Waals surface area contributed by atoms with Crippen molar-refractivity contribution in [1.29, 1.82) is 0 Å². The number of aromatic amines is 1. The molecule has 0 radical (unpaired) electrons. The number of benzene rings is 1. The minimum absolute atomic E-state index is 0.0180. The Morgan fingerprint density at radius 1 is 1.03 bits per heavy atom. The predicted molar refractivity (Wildman–Crippen MR) is 129 cm³/mol. The van der Waals surface area contributed by atoms with Crippen LogP contribution < -0.4 is 21.9 Å². The number of H-pyrrole nitrogens is 1. The first kappa shape index (κ1) is 24.9. The van der Waals surface area contributed by atoms with E-state index in [4.69, 9.17) is 5.73 Å². The molecule has 1 aliphatic rings. The molecule has 2 heterocycles. The van der Waals surface area contributed by atoms with Gasteiger partial charge in [0.2, 0.25) is 5.91 Å². The highest BCUT2D eigenvalue weighted by Gasteiger charge is 2.36. The Kier molecular flexibility index (Phi) is 7.09. The van der Waals surface area contributed by atoms with Crippen LogP contribution in [0.1, 0.15) is 60.4 Å². The number of hydrogen-bond donors (Lipinski definition) is 2. The molecule has 2 aromatic rings. The lowest BCUT2D eigenvalue weighted by molar-refractivity contribution is -0.118. The van der Waals surface area contributed by atoms with Crippen LogP contribution in [0.15, 0.2) is 27.8 Å². The number of hydrogen-bond acceptors (Lipinski definition) is 6. The zero-order valence-electron chi connectivity index (χ0n) is 20.2. The first-order valence-corrected chi connectivity index (χ1v) is 11.3. The maximum atomic E-state index is 13.3. The third-order valence-corrected chi connectivity index (χ3v) is 5.56. The third kappa shape index (κ3) is 4.80. The molecule has 3 N–H and O–H groups in total. The van der Waals surface area contributed by atoms with Crippen LogP contribution in [0, 0.1) is 18.8 Å². The zero-order valence-corrected chi connectivity index (χ0v) is 20.2. The van der Waals surface area contributed by atoms with Gasteiger partial charge in [0.1, 0.15) is 5.82 Å². The number of nitrogen functional groups attached to an aromatic ring is 1. The van der Waals surface area contributed by atoms with Crippen LogP contribution in [-0.2, 0) is 11.3 Å². The van der Waals surface area contributed by atoms with Gasteiger partial charge in [0.05, 0.1) is 11.1 Å². The quantitative estimate of drug-likeness (QED) is 0.565. The van der Waals surface area contributed by atoms with E-state index in [2.05, 4.69) is 4.98 Å². The molecule has 0 saturated heterocycles. The molecule has 3 amide bonds. The Morgan fingerprint density at radius 2 is 1.68 bits per heavy atom. The van der Waals surface area contributed by atoms with Gasteiger partial charge in [-0.3, -0.25) is 33.6 Å². The average molecular weight is 470 g/mol. The van der Waals surface area contributed by atoms with Crippen molar-refractivity contribution >= 4 is 29.2 Å². The van der Waals surface area contributed by atoms with E-state index in [1.165, 1.54) is 9.47 Å². The van der Waals surface area contributed by atoms with E-state index in [1.807, 2.05) is 34.6 Å². The van der Waals surface area contributed by atoms with Gasteiger partial charge in [-0.2, -0.15) is 0 Å². The van der Waals surface area contributed by atoms with Gasteiger partial charge in [0.15, 0.2) is 5.69 Å². The van der Waals surface area contributed by atoms with E-state index < -0.39 is 29.0 Å². The normalized spacial score (nSPS) is 13.2. The highest BCUT2D eigenvalue weighted by Crippen LogP contribution is 2.25. The minimum Gasteiger partial charge on any atom is -0.383 e. The summed E-state index contributed by atoms with van der Waals surface area (Å²) in [4.78, 5) is 68.3. The largest absolute Gasteiger partial charge is 0.383 e. The van der Waals surface area contributed by atoms with Crippen LogP contribution in [0.4, 0.5) is 11.5 Å². The second-order valence-corrected chi connectivity index (χ2v) is 9.46. The second-order valence-electron chi connectivity index (χ2n) is 9.46. The number of rotatable bonds is 8. The van der Waals surface area contributed by atoms with Crippen molar-refractivity contribution in [1.82, 2.24) is 14.5 Å². The maximum Gasteiger partial charge on any atom is 0.330 e. The fourth-order valence-electron chi connectivity index (χ4n) is 4.02. The number of carbonyl (C=O) groups excluding carboxylic acids is 3. The summed E-state index contributed by atoms with van der Waals surface area (Å²) in [5, 5.41) is 0. The van der Waals surface area contributed by atoms with Gasteiger partial charge in [-0.25, -0.2) is 4.79 Å². The summed E-state index contributed by atoms with van der Waals surface area (Å²) in [5.74, 6) is -1.41. The van der Waals surface area contributed by atoms with Crippen molar-refractivity contribution in [3.8, 4) is 0 Å². The fraction of sp³-hybridized carbons (Fsp3) is 0.458. The number of nitrogens with zero attached hydrogens (tertiary/aromatic N) is 3. The van der Waals surface area contributed by atoms with Crippen molar-refractivity contribution in [2.75, 3.05) is 23.7 Å². The van der Waals surface area contributed by atoms with E-state index >= 15 is 0 Å². The summed E-state index contributed by atoms with van der Waals surface area (Å²) in [6.45, 7) is 9.69. The summed E-state index contributed by atoms with van der Waals surface area (Å²) >= 11 is 0. The second kappa shape index (κ2) is 9.66. The molecular weight excluding hydrogens is 438 g/mol. The van der Waals surface area contributed by atoms with E-state index in [0.29, 0.717) is 11.1 Å². The molecular formula is C24H31N5O5. The molecule has 10 heteroatoms. The molecule has 1 aromatic carbocycles. The number of fused-ring (bicyclic) bond motifs is 1. The lowest BCUT2D eigenvalue weighted by atomic mass is 10.1. The van der Waals surface area contributed by atoms with Gasteiger partial charge in [0, 0.05) is 26.1 Å². The number of anilines is 2. The summed E-state index contributed by atoms with van der Waals surface area (Å²) in [7, 11) is 0. The standard InChI is InChI=1S/C24H31N5O5/c1-13(2)11-28(19-20(25)29(12-14(3)4)24(34)26-21(19)31)18(30)8-9-27-22(32)16-7-6-15(5)10-17(16)23(27)33/h6-7,10,13-14H,8-9,11-12,25H2,1-5H3,(H,26,31,34). The first-order chi connectivity index (χ1) is 15.9. The average Bonchev–Trinajstić information content (AvgIpc) is 2.97. The molecule has 1 aromatic heterocycles. The van der Waals surface area contributed by atoms with Gasteiger partial charge in [-0.15, -0.1) is 0 Å². The SMILES string of the molecule is Cc1ccc2c(c1)C(=O)N(CCC(=O)N(CC(C)C)c1c(N)n(CC(C)C)c(=O)[nH]c1=O)C2=O. The van der Waals surface area contributed by atoms with E-state index in [9.17, 15) is 24.0 Å². The molecule has 10 nitrogen and oxygen atoms in total. The van der Waals surface area contributed by atoms with E-state index in [0.717, 1.165) is 10.5 Å². The Hall–Kier alpha value is -3.69. The molecule has 0 fully saturated rings. The highest BCUT2D eigenvalue weighted by molar-refractivity contribution is 6.21. The topological polar surface area (TPSA) is 139 Å². The Morgan fingerprint density at radius 3 is 2.29 bits per heavy atom. The molecule has 0 atom stereocenters. The van der Waals surface area contributed by atoms with Gasteiger partial charge < -0.3 is 10.6 Å². The Bertz CT molecular complexity index is 1260. The molecule has 3 rings (SSSR count). The number of nitrogens with one attached hydrogen (secondary N) is 1. The number of nitrogens with two attached hydrogens (primary N) is 1. The summed E-state index contributed by atoms with van der Waals surface area (Å²) in [5.41, 5.74) is 6.20. The molecule has 182 valence electrons. The van der Waals surface area contributed by atoms with Crippen molar-refractivity contribution in [2.45, 2.75) is 47.6 Å². The van der Waals surface area contributed by atoms with Crippen LogP contribution in [0.3, 0.4) is 0 Å². The number of aromatic nitrogens is 2. The summed E-state index contributed by atoms with van der Waals surface area (Å²) in [6, 6.07) is 5.01. The molecule has 0 saturated carbocycles. The number of imide groups is 1. The van der Waals surface area contributed by atoms with E-state index in [-0.39, 0.29) is 49.4 Å². The minimum atomic E-state index is -0.757. The third-order valence-electron chi connectivity index (χ3n) is 5.56. The Balaban J connectivity index is 1.90. The van der Waals surface area contributed by atoms with Crippen LogP contribution in [0.2, 0.25) is 0 Å². The highest BCUT2D eigenvalue weighted by atomic mass is 16.2. The molecule has 0 aliphatic carbocycles. The maximum absolute atomic E-state index is 13.3. The monoisotopic (exact) mass is 469 g/mol. The smallest absolute Gasteiger partial charge is 0.330 e. The van der Waals surface area contributed by atoms with Crippen molar-refractivity contribution in [3.05, 3.63) is 55.7 Å². The Labute approximate surface area is 197 Å². The van der Waals surface area contributed by atoms with Gasteiger partial charge in [-0.1, -0.05) is 39.3 Å². The predicted octanol–water partition coefficient (Wildman–Crippen LogP) is 1.76. The molecule has 0 unspecified atom stereocenters. The van der Waals surface area contributed by atoms with Gasteiger partial charge >= 0.3 is 5.69 Å². The summed E-state index contributed by atoms with van der Waals surface area (Å²) in [6.07, 6.45) is -0.195. The van der Waals surface area contributed by atoms with Crippen LogP contribution in [-0.4, -0.2) is 45.3 Å². The number of carbonyl (C=O) groups is 3.